The number of alkyl halides is 2. The van der Waals surface area contributed by atoms with E-state index in [0.717, 1.165) is 0 Å². The fourth-order valence-corrected chi connectivity index (χ4v) is 1.08. The van der Waals surface area contributed by atoms with Crippen LogP contribution < -0.4 is 10.1 Å². The number of nitrogens with zero attached hydrogens (tertiary/aromatic N) is 2. The van der Waals surface area contributed by atoms with Crippen LogP contribution in [0.1, 0.15) is 12.7 Å². The van der Waals surface area contributed by atoms with Crippen LogP contribution in [0.2, 0.25) is 0 Å². The van der Waals surface area contributed by atoms with Crippen LogP contribution in [0.3, 0.4) is 0 Å². The maximum absolute atomic E-state index is 12.0. The lowest BCUT2D eigenvalue weighted by Crippen LogP contribution is -2.10. The van der Waals surface area contributed by atoms with Crippen LogP contribution in [-0.2, 0) is 11.3 Å². The maximum Gasteiger partial charge on any atom is 0.272 e. The molecule has 1 rings (SSSR count). The highest BCUT2D eigenvalue weighted by molar-refractivity contribution is 5.37. The summed E-state index contributed by atoms with van der Waals surface area (Å²) in [6, 6.07) is 1.46. The van der Waals surface area contributed by atoms with Crippen molar-refractivity contribution in [3.8, 4) is 5.88 Å². The largest absolute Gasteiger partial charge is 0.471 e. The van der Waals surface area contributed by atoms with Gasteiger partial charge in [-0.3, -0.25) is 0 Å². The molecular weight excluding hydrogens is 232 g/mol. The van der Waals surface area contributed by atoms with E-state index in [1.807, 2.05) is 6.92 Å². The molecule has 7 heteroatoms. The lowest BCUT2D eigenvalue weighted by molar-refractivity contribution is 0.0786. The van der Waals surface area contributed by atoms with Crippen molar-refractivity contribution in [1.29, 1.82) is 0 Å². The van der Waals surface area contributed by atoms with Gasteiger partial charge in [-0.05, 0) is 6.92 Å². The lowest BCUT2D eigenvalue weighted by Gasteiger charge is -2.08. The fourth-order valence-electron chi connectivity index (χ4n) is 1.08. The second kappa shape index (κ2) is 6.95. The van der Waals surface area contributed by atoms with Gasteiger partial charge in [0.1, 0.15) is 12.4 Å². The van der Waals surface area contributed by atoms with Crippen molar-refractivity contribution in [3.63, 3.8) is 0 Å². The second-order valence-corrected chi connectivity index (χ2v) is 3.10. The molecule has 1 aromatic rings. The van der Waals surface area contributed by atoms with Crippen LogP contribution in [0.5, 0.6) is 5.88 Å². The van der Waals surface area contributed by atoms with Gasteiger partial charge < -0.3 is 14.8 Å². The molecule has 0 atom stereocenters. The van der Waals surface area contributed by atoms with Gasteiger partial charge in [0.05, 0.1) is 0 Å². The molecule has 0 saturated heterocycles. The van der Waals surface area contributed by atoms with E-state index >= 15 is 0 Å². The quantitative estimate of drug-likeness (QED) is 0.794. The first-order chi connectivity index (χ1) is 8.15. The Hall–Kier alpha value is -1.50. The monoisotopic (exact) mass is 247 g/mol. The Labute approximate surface area is 98.2 Å². The molecule has 1 aromatic heterocycles. The number of hydrogen-bond acceptors (Lipinski definition) is 5. The molecule has 0 saturated carbocycles. The van der Waals surface area contributed by atoms with Crippen molar-refractivity contribution in [3.05, 3.63) is 11.9 Å². The molecule has 1 N–H and O–H groups in total. The number of hydrogen-bond donors (Lipinski definition) is 1. The summed E-state index contributed by atoms with van der Waals surface area (Å²) in [5.41, 5.74) is 0. The molecule has 0 fully saturated rings. The van der Waals surface area contributed by atoms with Gasteiger partial charge in [0.15, 0.2) is 12.4 Å². The second-order valence-electron chi connectivity index (χ2n) is 3.10. The minimum atomic E-state index is -2.53. The highest BCUT2D eigenvalue weighted by Gasteiger charge is 2.08. The van der Waals surface area contributed by atoms with Crippen molar-refractivity contribution >= 4 is 5.82 Å². The third-order valence-electron chi connectivity index (χ3n) is 1.80. The molecule has 0 bridgehead atoms. The molecule has 0 unspecified atom stereocenters. The predicted octanol–water partition coefficient (Wildman–Crippen LogP) is 1.70. The zero-order valence-corrected chi connectivity index (χ0v) is 9.74. The zero-order chi connectivity index (χ0) is 12.7. The number of rotatable bonds is 7. The highest BCUT2D eigenvalue weighted by atomic mass is 19.3. The van der Waals surface area contributed by atoms with E-state index in [1.54, 1.807) is 7.05 Å². The summed E-state index contributed by atoms with van der Waals surface area (Å²) in [5.74, 6) is 1.00. The van der Waals surface area contributed by atoms with Crippen LogP contribution >= 0.6 is 0 Å². The Kier molecular flexibility index (Phi) is 5.55. The molecule has 0 aromatic carbocycles. The summed E-state index contributed by atoms with van der Waals surface area (Å²) in [6.45, 7) is 1.90. The van der Waals surface area contributed by atoms with E-state index in [1.165, 1.54) is 6.07 Å². The van der Waals surface area contributed by atoms with E-state index in [-0.39, 0.29) is 12.5 Å². The third kappa shape index (κ3) is 4.90. The minimum Gasteiger partial charge on any atom is -0.471 e. The number of aromatic nitrogens is 2. The van der Waals surface area contributed by atoms with Gasteiger partial charge in [-0.1, -0.05) is 0 Å². The van der Waals surface area contributed by atoms with E-state index in [9.17, 15) is 8.78 Å². The van der Waals surface area contributed by atoms with Crippen LogP contribution in [-0.4, -0.2) is 36.7 Å². The minimum absolute atomic E-state index is 0.111. The molecule has 17 heavy (non-hydrogen) atoms. The van der Waals surface area contributed by atoms with Crippen molar-refractivity contribution < 1.29 is 18.3 Å². The Balaban J connectivity index is 2.73. The van der Waals surface area contributed by atoms with Crippen molar-refractivity contribution in [2.24, 2.45) is 0 Å². The molecule has 0 spiro atoms. The first-order valence-corrected chi connectivity index (χ1v) is 5.20. The lowest BCUT2D eigenvalue weighted by atomic mass is 10.5. The topological polar surface area (TPSA) is 56.3 Å². The Morgan fingerprint density at radius 2 is 2.18 bits per heavy atom. The van der Waals surface area contributed by atoms with Gasteiger partial charge in [-0.15, -0.1) is 0 Å². The molecule has 1 heterocycles. The number of halogens is 2. The smallest absolute Gasteiger partial charge is 0.272 e. The first-order valence-electron chi connectivity index (χ1n) is 5.20. The highest BCUT2D eigenvalue weighted by Crippen LogP contribution is 2.14. The fraction of sp³-hybridized carbons (Fsp3) is 0.600. The molecule has 0 radical (unpaired) electrons. The summed E-state index contributed by atoms with van der Waals surface area (Å²) in [4.78, 5) is 8.06. The van der Waals surface area contributed by atoms with Crippen LogP contribution in [0, 0.1) is 0 Å². The molecule has 96 valence electrons. The molecule has 0 aliphatic carbocycles. The van der Waals surface area contributed by atoms with Gasteiger partial charge in [0, 0.05) is 19.7 Å². The van der Waals surface area contributed by atoms with Gasteiger partial charge in [-0.2, -0.15) is 4.98 Å². The van der Waals surface area contributed by atoms with E-state index in [0.29, 0.717) is 18.2 Å². The van der Waals surface area contributed by atoms with Gasteiger partial charge in [0.25, 0.3) is 6.43 Å². The van der Waals surface area contributed by atoms with Crippen molar-refractivity contribution in [2.45, 2.75) is 20.0 Å². The van der Waals surface area contributed by atoms with Crippen LogP contribution in [0.4, 0.5) is 14.6 Å². The van der Waals surface area contributed by atoms with Gasteiger partial charge in [0.2, 0.25) is 5.88 Å². The Morgan fingerprint density at radius 3 is 2.76 bits per heavy atom. The normalized spacial score (nSPS) is 10.6. The van der Waals surface area contributed by atoms with Crippen molar-refractivity contribution in [1.82, 2.24) is 9.97 Å². The van der Waals surface area contributed by atoms with E-state index < -0.39 is 13.0 Å². The number of nitrogens with one attached hydrogen (secondary N) is 1. The van der Waals surface area contributed by atoms with E-state index in [2.05, 4.69) is 15.3 Å². The van der Waals surface area contributed by atoms with Crippen molar-refractivity contribution in [2.75, 3.05) is 25.6 Å². The summed E-state index contributed by atoms with van der Waals surface area (Å²) in [6.07, 6.45) is -2.53. The predicted molar refractivity (Wildman–Crippen MR) is 58.4 cm³/mol. The molecule has 0 aliphatic heterocycles. The molecule has 0 aliphatic rings. The van der Waals surface area contributed by atoms with Crippen LogP contribution in [0.25, 0.3) is 0 Å². The summed E-state index contributed by atoms with van der Waals surface area (Å²) in [5, 5.41) is 2.80. The number of anilines is 1. The third-order valence-corrected chi connectivity index (χ3v) is 1.80. The summed E-state index contributed by atoms with van der Waals surface area (Å²) < 4.78 is 34.0. The SMILES string of the molecule is CCOCc1nc(NC)cc(OCC(F)F)n1. The van der Waals surface area contributed by atoms with Gasteiger partial charge in [-0.25, -0.2) is 13.8 Å². The zero-order valence-electron chi connectivity index (χ0n) is 9.74. The average Bonchev–Trinajstić information content (AvgIpc) is 2.33. The standard InChI is InChI=1S/C10H15F2N3O2/c1-3-16-6-9-14-8(13-2)4-10(15-9)17-5-7(11)12/h4,7H,3,5-6H2,1-2H3,(H,13,14,15). The Bertz CT molecular complexity index is 350. The maximum atomic E-state index is 12.0. The van der Waals surface area contributed by atoms with Crippen LogP contribution in [0.15, 0.2) is 6.07 Å². The van der Waals surface area contributed by atoms with E-state index in [4.69, 9.17) is 9.47 Å². The summed E-state index contributed by atoms with van der Waals surface area (Å²) in [7, 11) is 1.67. The summed E-state index contributed by atoms with van der Waals surface area (Å²) >= 11 is 0. The average molecular weight is 247 g/mol. The van der Waals surface area contributed by atoms with Gasteiger partial charge >= 0.3 is 0 Å². The molecule has 5 nitrogen and oxygen atoms in total. The molecular formula is C10H15F2N3O2. The molecule has 0 amide bonds. The first kappa shape index (κ1) is 13.6. The Morgan fingerprint density at radius 1 is 1.41 bits per heavy atom. The number of ether oxygens (including phenoxy) is 2.